The molecule has 0 saturated heterocycles. The van der Waals surface area contributed by atoms with E-state index in [9.17, 15) is 12.8 Å². The molecule has 7 heteroatoms. The van der Waals surface area contributed by atoms with Crippen molar-refractivity contribution in [3.63, 3.8) is 0 Å². The zero-order valence-electron chi connectivity index (χ0n) is 10.5. The smallest absolute Gasteiger partial charge is 0.243 e. The van der Waals surface area contributed by atoms with E-state index in [1.807, 2.05) is 0 Å². The number of aryl methyl sites for hydroxylation is 1. The summed E-state index contributed by atoms with van der Waals surface area (Å²) in [5.41, 5.74) is 5.64. The van der Waals surface area contributed by atoms with E-state index < -0.39 is 21.4 Å². The number of benzene rings is 1. The molecular weight excluding hydrogens is 279 g/mol. The molecule has 0 amide bonds. The zero-order chi connectivity index (χ0) is 13.3. The molecule has 0 aliphatic rings. The Labute approximate surface area is 113 Å². The Bertz CT molecular complexity index is 512. The lowest BCUT2D eigenvalue weighted by molar-refractivity contribution is 0.494. The van der Waals surface area contributed by atoms with Crippen LogP contribution in [0.4, 0.5) is 4.39 Å². The standard InChI is InChI=1S/C11H17FN2O2S.ClH/c1-8-4-5-10(9(12)6-8)17(15,16)14-7-11(2,3)13;/h4-6,14H,7,13H2,1-3H3;1H. The van der Waals surface area contributed by atoms with Gasteiger partial charge >= 0.3 is 0 Å². The first-order valence-electron chi connectivity index (χ1n) is 5.16. The molecule has 4 nitrogen and oxygen atoms in total. The summed E-state index contributed by atoms with van der Waals surface area (Å²) < 4.78 is 39.4. The molecule has 1 aromatic carbocycles. The van der Waals surface area contributed by atoms with Crippen molar-refractivity contribution in [1.29, 1.82) is 0 Å². The zero-order valence-corrected chi connectivity index (χ0v) is 12.2. The Kier molecular flexibility index (Phi) is 5.74. The van der Waals surface area contributed by atoms with Gasteiger partial charge in [-0.3, -0.25) is 0 Å². The first-order valence-corrected chi connectivity index (χ1v) is 6.65. The van der Waals surface area contributed by atoms with Crippen LogP contribution in [0.3, 0.4) is 0 Å². The molecule has 0 heterocycles. The molecule has 1 rings (SSSR count). The summed E-state index contributed by atoms with van der Waals surface area (Å²) in [6.07, 6.45) is 0. The molecule has 0 atom stereocenters. The van der Waals surface area contributed by atoms with Gasteiger partial charge in [0, 0.05) is 12.1 Å². The van der Waals surface area contributed by atoms with Gasteiger partial charge in [0.15, 0.2) is 0 Å². The van der Waals surface area contributed by atoms with Gasteiger partial charge in [0.1, 0.15) is 10.7 Å². The number of hydrogen-bond donors (Lipinski definition) is 2. The molecule has 0 fully saturated rings. The number of halogens is 2. The molecule has 0 unspecified atom stereocenters. The van der Waals surface area contributed by atoms with E-state index in [0.29, 0.717) is 5.56 Å². The number of nitrogens with one attached hydrogen (secondary N) is 1. The average molecular weight is 297 g/mol. The Balaban J connectivity index is 0.00000289. The summed E-state index contributed by atoms with van der Waals surface area (Å²) in [4.78, 5) is -0.354. The minimum absolute atomic E-state index is 0. The van der Waals surface area contributed by atoms with Crippen LogP contribution in [0.2, 0.25) is 0 Å². The maximum Gasteiger partial charge on any atom is 0.243 e. The van der Waals surface area contributed by atoms with Crippen LogP contribution in [0.25, 0.3) is 0 Å². The normalized spacial score (nSPS) is 12.1. The van der Waals surface area contributed by atoms with Gasteiger partial charge in [0.05, 0.1) is 0 Å². The number of rotatable bonds is 4. The van der Waals surface area contributed by atoms with E-state index in [0.717, 1.165) is 0 Å². The second-order valence-corrected chi connectivity index (χ2v) is 6.48. The fraction of sp³-hybridized carbons (Fsp3) is 0.455. The van der Waals surface area contributed by atoms with E-state index in [1.54, 1.807) is 26.8 Å². The van der Waals surface area contributed by atoms with E-state index in [-0.39, 0.29) is 23.8 Å². The van der Waals surface area contributed by atoms with E-state index >= 15 is 0 Å². The molecule has 0 bridgehead atoms. The maximum absolute atomic E-state index is 13.5. The third kappa shape index (κ3) is 4.89. The Hall–Kier alpha value is -0.690. The lowest BCUT2D eigenvalue weighted by atomic mass is 10.1. The summed E-state index contributed by atoms with van der Waals surface area (Å²) in [5.74, 6) is -0.757. The SMILES string of the molecule is Cc1ccc(S(=O)(=O)NCC(C)(C)N)c(F)c1.Cl. The molecule has 0 aliphatic heterocycles. The van der Waals surface area contributed by atoms with Gasteiger partial charge in [-0.25, -0.2) is 17.5 Å². The largest absolute Gasteiger partial charge is 0.324 e. The highest BCUT2D eigenvalue weighted by Gasteiger charge is 2.21. The topological polar surface area (TPSA) is 72.2 Å². The van der Waals surface area contributed by atoms with Crippen LogP contribution in [0.15, 0.2) is 23.1 Å². The van der Waals surface area contributed by atoms with E-state index in [1.165, 1.54) is 12.1 Å². The maximum atomic E-state index is 13.5. The highest BCUT2D eigenvalue weighted by Crippen LogP contribution is 2.15. The van der Waals surface area contributed by atoms with Gasteiger partial charge in [0.25, 0.3) is 0 Å². The van der Waals surface area contributed by atoms with Crippen LogP contribution >= 0.6 is 12.4 Å². The number of nitrogens with two attached hydrogens (primary N) is 1. The summed E-state index contributed by atoms with van der Waals surface area (Å²) in [6, 6.07) is 3.98. The minimum atomic E-state index is -3.85. The molecule has 18 heavy (non-hydrogen) atoms. The Morgan fingerprint density at radius 1 is 1.39 bits per heavy atom. The summed E-state index contributed by atoms with van der Waals surface area (Å²) in [5, 5.41) is 0. The van der Waals surface area contributed by atoms with E-state index in [4.69, 9.17) is 5.73 Å². The third-order valence-electron chi connectivity index (χ3n) is 2.09. The van der Waals surface area contributed by atoms with Crippen molar-refractivity contribution in [2.24, 2.45) is 5.73 Å². The van der Waals surface area contributed by atoms with Crippen LogP contribution in [0.1, 0.15) is 19.4 Å². The molecule has 1 aromatic rings. The van der Waals surface area contributed by atoms with E-state index in [2.05, 4.69) is 4.72 Å². The van der Waals surface area contributed by atoms with Crippen molar-refractivity contribution in [3.05, 3.63) is 29.6 Å². The predicted octanol–water partition coefficient (Wildman–Crippen LogP) is 1.57. The monoisotopic (exact) mass is 296 g/mol. The summed E-state index contributed by atoms with van der Waals surface area (Å²) in [6.45, 7) is 5.10. The van der Waals surface area contributed by atoms with Gasteiger partial charge in [-0.15, -0.1) is 12.4 Å². The Morgan fingerprint density at radius 3 is 2.39 bits per heavy atom. The second kappa shape index (κ2) is 5.97. The van der Waals surface area contributed by atoms with Crippen molar-refractivity contribution in [2.45, 2.75) is 31.2 Å². The minimum Gasteiger partial charge on any atom is -0.324 e. The molecule has 3 N–H and O–H groups in total. The van der Waals surface area contributed by atoms with Crippen LogP contribution in [-0.4, -0.2) is 20.5 Å². The fourth-order valence-electron chi connectivity index (χ4n) is 1.18. The quantitative estimate of drug-likeness (QED) is 0.886. The van der Waals surface area contributed by atoms with Gasteiger partial charge in [-0.05, 0) is 38.5 Å². The van der Waals surface area contributed by atoms with Crippen molar-refractivity contribution < 1.29 is 12.8 Å². The predicted molar refractivity (Wildman–Crippen MR) is 71.8 cm³/mol. The number of sulfonamides is 1. The third-order valence-corrected chi connectivity index (χ3v) is 3.53. The van der Waals surface area contributed by atoms with Crippen LogP contribution in [0, 0.1) is 12.7 Å². The lowest BCUT2D eigenvalue weighted by Crippen LogP contribution is -2.45. The molecule has 0 spiro atoms. The molecule has 104 valence electrons. The van der Waals surface area contributed by atoms with Crippen molar-refractivity contribution >= 4 is 22.4 Å². The molecular formula is C11H18ClFN2O2S. The van der Waals surface area contributed by atoms with Gasteiger partial charge < -0.3 is 5.73 Å². The van der Waals surface area contributed by atoms with Crippen LogP contribution in [0.5, 0.6) is 0 Å². The van der Waals surface area contributed by atoms with Gasteiger partial charge in [0.2, 0.25) is 10.0 Å². The molecule has 0 aliphatic carbocycles. The highest BCUT2D eigenvalue weighted by atomic mass is 35.5. The lowest BCUT2D eigenvalue weighted by Gasteiger charge is -2.19. The molecule has 0 aromatic heterocycles. The fourth-order valence-corrected chi connectivity index (χ4v) is 2.46. The summed E-state index contributed by atoms with van der Waals surface area (Å²) >= 11 is 0. The molecule has 0 radical (unpaired) electrons. The highest BCUT2D eigenvalue weighted by molar-refractivity contribution is 7.89. The molecule has 0 saturated carbocycles. The summed E-state index contributed by atoms with van der Waals surface area (Å²) in [7, 11) is -3.85. The van der Waals surface area contributed by atoms with Crippen molar-refractivity contribution in [3.8, 4) is 0 Å². The van der Waals surface area contributed by atoms with Crippen molar-refractivity contribution in [1.82, 2.24) is 4.72 Å². The van der Waals surface area contributed by atoms with Crippen LogP contribution in [-0.2, 0) is 10.0 Å². The van der Waals surface area contributed by atoms with Crippen LogP contribution < -0.4 is 10.5 Å². The van der Waals surface area contributed by atoms with Gasteiger partial charge in [-0.2, -0.15) is 0 Å². The average Bonchev–Trinajstić information content (AvgIpc) is 2.13. The van der Waals surface area contributed by atoms with Crippen molar-refractivity contribution in [2.75, 3.05) is 6.54 Å². The number of hydrogen-bond acceptors (Lipinski definition) is 3. The van der Waals surface area contributed by atoms with Gasteiger partial charge in [-0.1, -0.05) is 6.07 Å². The second-order valence-electron chi connectivity index (χ2n) is 4.75. The first-order chi connectivity index (χ1) is 7.62. The Morgan fingerprint density at radius 2 is 1.94 bits per heavy atom. The first kappa shape index (κ1) is 17.3.